The fourth-order valence-corrected chi connectivity index (χ4v) is 4.88. The third-order valence-electron chi connectivity index (χ3n) is 6.76. The Labute approximate surface area is 193 Å². The molecule has 0 atom stereocenters. The fraction of sp³-hybridized carbons (Fsp3) is 0.423. The van der Waals surface area contributed by atoms with Crippen molar-refractivity contribution in [3.05, 3.63) is 59.7 Å². The van der Waals surface area contributed by atoms with Crippen LogP contribution in [0.2, 0.25) is 0 Å². The Kier molecular flexibility index (Phi) is 6.96. The van der Waals surface area contributed by atoms with E-state index in [1.54, 1.807) is 7.05 Å². The first-order chi connectivity index (χ1) is 15.9. The summed E-state index contributed by atoms with van der Waals surface area (Å²) in [7, 11) is 1.64. The van der Waals surface area contributed by atoms with Crippen molar-refractivity contribution in [1.29, 1.82) is 0 Å². The molecule has 33 heavy (non-hydrogen) atoms. The molecule has 0 unspecified atom stereocenters. The molecule has 4 rings (SSSR count). The number of benzene rings is 2. The third-order valence-corrected chi connectivity index (χ3v) is 6.76. The summed E-state index contributed by atoms with van der Waals surface area (Å²) < 4.78 is 5.57. The lowest BCUT2D eigenvalue weighted by Crippen LogP contribution is -2.39. The van der Waals surface area contributed by atoms with Crippen LogP contribution in [0.15, 0.2) is 48.5 Å². The highest BCUT2D eigenvalue weighted by molar-refractivity contribution is 5.79. The Morgan fingerprint density at radius 3 is 2.21 bits per heavy atom. The Bertz CT molecular complexity index is 985. The SMILES string of the molecule is CN(CCC(=O)O)C(=O)CC1CC(CNC(=O)OCC2c3ccccc3-c3ccccc32)C1. The van der Waals surface area contributed by atoms with Crippen LogP contribution in [0.4, 0.5) is 4.79 Å². The molecule has 2 aromatic rings. The van der Waals surface area contributed by atoms with Crippen molar-refractivity contribution in [3.8, 4) is 11.1 Å². The first-order valence-corrected chi connectivity index (χ1v) is 11.5. The van der Waals surface area contributed by atoms with E-state index in [-0.39, 0.29) is 24.8 Å². The van der Waals surface area contributed by atoms with Crippen LogP contribution in [0.3, 0.4) is 0 Å². The summed E-state index contributed by atoms with van der Waals surface area (Å²) in [6.45, 7) is 1.06. The first-order valence-electron chi connectivity index (χ1n) is 11.5. The van der Waals surface area contributed by atoms with Crippen LogP contribution in [-0.4, -0.2) is 54.7 Å². The molecule has 2 N–H and O–H groups in total. The van der Waals surface area contributed by atoms with Crippen molar-refractivity contribution in [2.24, 2.45) is 11.8 Å². The van der Waals surface area contributed by atoms with Gasteiger partial charge in [-0.3, -0.25) is 9.59 Å². The van der Waals surface area contributed by atoms with Gasteiger partial charge in [-0.2, -0.15) is 0 Å². The highest BCUT2D eigenvalue weighted by Gasteiger charge is 2.32. The number of carboxylic acid groups (broad SMARTS) is 1. The summed E-state index contributed by atoms with van der Waals surface area (Å²) in [6, 6.07) is 16.5. The molecule has 0 spiro atoms. The molecule has 1 fully saturated rings. The second-order valence-corrected chi connectivity index (χ2v) is 9.07. The van der Waals surface area contributed by atoms with Crippen molar-refractivity contribution in [2.75, 3.05) is 26.7 Å². The molecule has 2 aromatic carbocycles. The number of fused-ring (bicyclic) bond motifs is 3. The number of hydrogen-bond donors (Lipinski definition) is 2. The Morgan fingerprint density at radius 1 is 1.00 bits per heavy atom. The topological polar surface area (TPSA) is 95.9 Å². The van der Waals surface area contributed by atoms with Crippen molar-refractivity contribution in [2.45, 2.75) is 31.6 Å². The quantitative estimate of drug-likeness (QED) is 0.605. The second-order valence-electron chi connectivity index (χ2n) is 9.07. The Morgan fingerprint density at radius 2 is 1.61 bits per heavy atom. The normalized spacial score (nSPS) is 18.6. The number of carbonyl (C=O) groups is 3. The van der Waals surface area contributed by atoms with E-state index in [0.717, 1.165) is 12.8 Å². The van der Waals surface area contributed by atoms with Gasteiger partial charge in [-0.1, -0.05) is 48.5 Å². The van der Waals surface area contributed by atoms with Gasteiger partial charge in [-0.15, -0.1) is 0 Å². The molecule has 1 saturated carbocycles. The molecule has 2 aliphatic rings. The van der Waals surface area contributed by atoms with Gasteiger partial charge in [0.15, 0.2) is 0 Å². The number of rotatable bonds is 9. The van der Waals surface area contributed by atoms with Gasteiger partial charge in [0, 0.05) is 32.5 Å². The molecule has 7 nitrogen and oxygen atoms in total. The number of carbonyl (C=O) groups excluding carboxylic acids is 2. The summed E-state index contributed by atoms with van der Waals surface area (Å²) in [5.74, 6) is -0.256. The maximum absolute atomic E-state index is 12.3. The van der Waals surface area contributed by atoms with Crippen LogP contribution >= 0.6 is 0 Å². The number of ether oxygens (including phenoxy) is 1. The largest absolute Gasteiger partial charge is 0.481 e. The molecule has 2 amide bonds. The minimum Gasteiger partial charge on any atom is -0.481 e. The molecule has 0 saturated heterocycles. The number of amides is 2. The lowest BCUT2D eigenvalue weighted by molar-refractivity contribution is -0.138. The van der Waals surface area contributed by atoms with E-state index >= 15 is 0 Å². The van der Waals surface area contributed by atoms with Gasteiger partial charge >= 0.3 is 12.1 Å². The van der Waals surface area contributed by atoms with E-state index in [9.17, 15) is 14.4 Å². The summed E-state index contributed by atoms with van der Waals surface area (Å²) in [5, 5.41) is 11.6. The second kappa shape index (κ2) is 10.1. The summed E-state index contributed by atoms with van der Waals surface area (Å²) in [5.41, 5.74) is 4.77. The van der Waals surface area contributed by atoms with Gasteiger partial charge in [0.25, 0.3) is 0 Å². The van der Waals surface area contributed by atoms with E-state index in [2.05, 4.69) is 29.6 Å². The highest BCUT2D eigenvalue weighted by Crippen LogP contribution is 2.44. The van der Waals surface area contributed by atoms with Gasteiger partial charge in [-0.25, -0.2) is 4.79 Å². The number of nitrogens with zero attached hydrogens (tertiary/aromatic N) is 1. The summed E-state index contributed by atoms with van der Waals surface area (Å²) in [4.78, 5) is 36.6. The molecule has 0 aliphatic heterocycles. The van der Waals surface area contributed by atoms with Gasteiger partial charge < -0.3 is 20.1 Å². The van der Waals surface area contributed by atoms with Crippen molar-refractivity contribution in [3.63, 3.8) is 0 Å². The molecule has 0 radical (unpaired) electrons. The number of alkyl carbamates (subject to hydrolysis) is 1. The Balaban J connectivity index is 1.17. The maximum atomic E-state index is 12.3. The zero-order valence-electron chi connectivity index (χ0n) is 18.8. The third kappa shape index (κ3) is 5.35. The van der Waals surface area contributed by atoms with E-state index in [0.29, 0.717) is 31.4 Å². The van der Waals surface area contributed by atoms with Crippen LogP contribution < -0.4 is 5.32 Å². The van der Waals surface area contributed by atoms with E-state index in [1.165, 1.54) is 27.2 Å². The maximum Gasteiger partial charge on any atom is 0.407 e. The van der Waals surface area contributed by atoms with Crippen molar-refractivity contribution >= 4 is 18.0 Å². The van der Waals surface area contributed by atoms with Gasteiger partial charge in [0.2, 0.25) is 5.91 Å². The zero-order chi connectivity index (χ0) is 23.4. The minimum absolute atomic E-state index is 0.0239. The standard InChI is InChI=1S/C26H30N2O5/c1-28(11-10-25(30)31)24(29)14-17-12-18(13-17)15-27-26(32)33-16-23-21-8-4-2-6-19(21)20-7-3-5-9-22(20)23/h2-9,17-18,23H,10-16H2,1H3,(H,27,32)(H,30,31). The monoisotopic (exact) mass is 450 g/mol. The van der Waals surface area contributed by atoms with Crippen LogP contribution in [0.1, 0.15) is 42.7 Å². The lowest BCUT2D eigenvalue weighted by Gasteiger charge is -2.35. The zero-order valence-corrected chi connectivity index (χ0v) is 18.8. The molecular formula is C26H30N2O5. The molecule has 2 aliphatic carbocycles. The van der Waals surface area contributed by atoms with Gasteiger partial charge in [0.05, 0.1) is 6.42 Å². The van der Waals surface area contributed by atoms with Crippen molar-refractivity contribution in [1.82, 2.24) is 10.2 Å². The minimum atomic E-state index is -0.905. The first kappa shape index (κ1) is 22.8. The molecular weight excluding hydrogens is 420 g/mol. The highest BCUT2D eigenvalue weighted by atomic mass is 16.5. The van der Waals surface area contributed by atoms with Crippen LogP contribution in [0.5, 0.6) is 0 Å². The molecule has 0 heterocycles. The van der Waals surface area contributed by atoms with Crippen LogP contribution in [-0.2, 0) is 14.3 Å². The fourth-order valence-electron chi connectivity index (χ4n) is 4.88. The lowest BCUT2D eigenvalue weighted by atomic mass is 9.73. The van der Waals surface area contributed by atoms with E-state index in [1.807, 2.05) is 24.3 Å². The summed E-state index contributed by atoms with van der Waals surface area (Å²) in [6.07, 6.45) is 1.73. The van der Waals surface area contributed by atoms with Gasteiger partial charge in [0.1, 0.15) is 6.61 Å². The average molecular weight is 451 g/mol. The molecule has 174 valence electrons. The Hall–Kier alpha value is -3.35. The molecule has 0 bridgehead atoms. The van der Waals surface area contributed by atoms with Crippen LogP contribution in [0, 0.1) is 11.8 Å². The number of nitrogens with one attached hydrogen (secondary N) is 1. The smallest absolute Gasteiger partial charge is 0.407 e. The van der Waals surface area contributed by atoms with E-state index in [4.69, 9.17) is 9.84 Å². The predicted molar refractivity (Wildman–Crippen MR) is 124 cm³/mol. The van der Waals surface area contributed by atoms with E-state index < -0.39 is 12.1 Å². The van der Waals surface area contributed by atoms with Gasteiger partial charge in [-0.05, 0) is 46.9 Å². The number of carboxylic acids is 1. The summed E-state index contributed by atoms with van der Waals surface area (Å²) >= 11 is 0. The van der Waals surface area contributed by atoms with Crippen LogP contribution in [0.25, 0.3) is 11.1 Å². The molecule has 7 heteroatoms. The van der Waals surface area contributed by atoms with Crippen molar-refractivity contribution < 1.29 is 24.2 Å². The predicted octanol–water partition coefficient (Wildman–Crippen LogP) is 3.87. The number of aliphatic carboxylic acids is 1. The number of hydrogen-bond acceptors (Lipinski definition) is 4. The average Bonchev–Trinajstić information content (AvgIpc) is 3.11. The molecule has 0 aromatic heterocycles.